The van der Waals surface area contributed by atoms with Gasteiger partial charge in [-0.05, 0) is 107 Å². The molecular weight excluding hydrogens is 528 g/mol. The van der Waals surface area contributed by atoms with Crippen LogP contribution in [0.15, 0.2) is 53.6 Å². The van der Waals surface area contributed by atoms with Crippen LogP contribution in [0.3, 0.4) is 0 Å². The second-order valence-electron chi connectivity index (χ2n) is 9.56. The standard InChI is InChI=1S/C29H36N6O2S.2H2O/c1-35(2)16-4-12-33-38-28-8-5-21(17-27(28)36-3)18-29-32-15-11-25(34-29)22-6-7-26(23(19-22)20-30)37-24-9-13-31-14-10-24;;/h5-8,11,15,17,19,24,31,33H,4,9-10,12-14,16,18H2,1-3H3;2*1H2. The molecule has 0 amide bonds. The third-order valence-corrected chi connectivity index (χ3v) is 7.24. The van der Waals surface area contributed by atoms with Gasteiger partial charge in [0, 0.05) is 24.7 Å². The van der Waals surface area contributed by atoms with E-state index in [9.17, 15) is 5.26 Å². The molecule has 6 N–H and O–H groups in total. The molecule has 4 rings (SSSR count). The minimum Gasteiger partial charge on any atom is -0.496 e. The van der Waals surface area contributed by atoms with Crippen molar-refractivity contribution in [1.29, 1.82) is 5.26 Å². The molecule has 2 aromatic carbocycles. The molecule has 10 nitrogen and oxygen atoms in total. The average Bonchev–Trinajstić information content (AvgIpc) is 2.94. The van der Waals surface area contributed by atoms with E-state index >= 15 is 0 Å². The number of nitrogens with zero attached hydrogens (tertiary/aromatic N) is 4. The molecule has 0 spiro atoms. The van der Waals surface area contributed by atoms with Crippen molar-refractivity contribution in [2.45, 2.75) is 36.7 Å². The number of benzene rings is 2. The molecule has 1 aromatic heterocycles. The highest BCUT2D eigenvalue weighted by atomic mass is 32.2. The number of piperidine rings is 1. The second kappa shape index (κ2) is 16.8. The lowest BCUT2D eigenvalue weighted by molar-refractivity contribution is 0.162. The molecule has 40 heavy (non-hydrogen) atoms. The van der Waals surface area contributed by atoms with Crippen molar-refractivity contribution in [3.05, 3.63) is 65.6 Å². The third kappa shape index (κ3) is 9.45. The van der Waals surface area contributed by atoms with E-state index in [1.165, 1.54) is 0 Å². The van der Waals surface area contributed by atoms with Crippen molar-refractivity contribution in [3.63, 3.8) is 0 Å². The highest BCUT2D eigenvalue weighted by Gasteiger charge is 2.17. The van der Waals surface area contributed by atoms with Crippen LogP contribution in [0.4, 0.5) is 0 Å². The fraction of sp³-hybridized carbons (Fsp3) is 0.414. The van der Waals surface area contributed by atoms with Gasteiger partial charge < -0.3 is 30.6 Å². The predicted octanol–water partition coefficient (Wildman–Crippen LogP) is 2.64. The number of hydrogen-bond donors (Lipinski definition) is 2. The zero-order valence-corrected chi connectivity index (χ0v) is 24.2. The summed E-state index contributed by atoms with van der Waals surface area (Å²) in [7, 11) is 5.86. The molecule has 11 heteroatoms. The average molecular weight is 569 g/mol. The Morgan fingerprint density at radius 2 is 1.90 bits per heavy atom. The Bertz CT molecular complexity index is 1250. The number of rotatable bonds is 12. The van der Waals surface area contributed by atoms with Crippen LogP contribution in [0.2, 0.25) is 0 Å². The molecule has 0 aliphatic carbocycles. The van der Waals surface area contributed by atoms with Gasteiger partial charge in [0.2, 0.25) is 0 Å². The van der Waals surface area contributed by atoms with E-state index in [-0.39, 0.29) is 17.1 Å². The Morgan fingerprint density at radius 1 is 1.10 bits per heavy atom. The van der Waals surface area contributed by atoms with Crippen LogP contribution in [0.5, 0.6) is 11.5 Å². The van der Waals surface area contributed by atoms with E-state index in [0.717, 1.165) is 72.9 Å². The number of nitrogens with one attached hydrogen (secondary N) is 2. The normalized spacial score (nSPS) is 13.2. The largest absolute Gasteiger partial charge is 0.496 e. The van der Waals surface area contributed by atoms with E-state index in [1.54, 1.807) is 25.3 Å². The van der Waals surface area contributed by atoms with Gasteiger partial charge in [0.15, 0.2) is 0 Å². The summed E-state index contributed by atoms with van der Waals surface area (Å²) < 4.78 is 15.2. The SMILES string of the molecule is COc1cc(Cc2nccc(-c3ccc(OC4CCNCC4)c(C#N)c3)n2)ccc1SNCCCN(C)C.O.O. The van der Waals surface area contributed by atoms with Crippen LogP contribution in [0.25, 0.3) is 11.3 Å². The molecular formula is C29H40N6O4S. The van der Waals surface area contributed by atoms with E-state index in [4.69, 9.17) is 14.5 Å². The molecule has 2 heterocycles. The summed E-state index contributed by atoms with van der Waals surface area (Å²) in [6, 6.07) is 16.1. The number of nitriles is 1. The molecule has 1 aliphatic heterocycles. The maximum absolute atomic E-state index is 9.75. The van der Waals surface area contributed by atoms with Crippen molar-refractivity contribution in [2.24, 2.45) is 0 Å². The minimum atomic E-state index is 0. The van der Waals surface area contributed by atoms with Gasteiger partial charge in [0.1, 0.15) is 29.5 Å². The summed E-state index contributed by atoms with van der Waals surface area (Å²) in [5, 5.41) is 13.1. The van der Waals surface area contributed by atoms with Crippen molar-refractivity contribution < 1.29 is 20.4 Å². The summed E-state index contributed by atoms with van der Waals surface area (Å²) >= 11 is 1.59. The monoisotopic (exact) mass is 568 g/mol. The Balaban J connectivity index is 0.00000280. The van der Waals surface area contributed by atoms with Gasteiger partial charge in [-0.1, -0.05) is 6.07 Å². The molecule has 216 valence electrons. The zero-order chi connectivity index (χ0) is 26.7. The second-order valence-corrected chi connectivity index (χ2v) is 10.5. The lowest BCUT2D eigenvalue weighted by Gasteiger charge is -2.24. The lowest BCUT2D eigenvalue weighted by Crippen LogP contribution is -2.34. The molecule has 0 radical (unpaired) electrons. The molecule has 1 aliphatic rings. The first-order valence-corrected chi connectivity index (χ1v) is 13.8. The van der Waals surface area contributed by atoms with E-state index in [2.05, 4.69) is 52.2 Å². The highest BCUT2D eigenvalue weighted by Crippen LogP contribution is 2.30. The number of methoxy groups -OCH3 is 1. The van der Waals surface area contributed by atoms with Gasteiger partial charge in [-0.25, -0.2) is 9.97 Å². The summed E-state index contributed by atoms with van der Waals surface area (Å²) in [5.41, 5.74) is 3.24. The predicted molar refractivity (Wildman–Crippen MR) is 159 cm³/mol. The van der Waals surface area contributed by atoms with Crippen molar-refractivity contribution in [3.8, 4) is 28.8 Å². The molecule has 0 bridgehead atoms. The van der Waals surface area contributed by atoms with Gasteiger partial charge >= 0.3 is 0 Å². The molecule has 1 saturated heterocycles. The van der Waals surface area contributed by atoms with Gasteiger partial charge in [-0.15, -0.1) is 0 Å². The molecule has 0 saturated carbocycles. The Labute approximate surface area is 240 Å². The Hall–Kier alpha value is -3.24. The summed E-state index contributed by atoms with van der Waals surface area (Å²) in [6.07, 6.45) is 5.45. The topological polar surface area (TPSA) is 158 Å². The van der Waals surface area contributed by atoms with Crippen molar-refractivity contribution in [1.82, 2.24) is 24.9 Å². The van der Waals surface area contributed by atoms with E-state index < -0.39 is 0 Å². The number of hydrogen-bond acceptors (Lipinski definition) is 9. The minimum absolute atomic E-state index is 0. The first-order chi connectivity index (χ1) is 18.6. The third-order valence-electron chi connectivity index (χ3n) is 6.34. The van der Waals surface area contributed by atoms with Crippen LogP contribution >= 0.6 is 11.9 Å². The van der Waals surface area contributed by atoms with Gasteiger partial charge in [-0.3, -0.25) is 4.72 Å². The van der Waals surface area contributed by atoms with Crippen molar-refractivity contribution >= 4 is 11.9 Å². The lowest BCUT2D eigenvalue weighted by atomic mass is 10.1. The van der Waals surface area contributed by atoms with Crippen molar-refractivity contribution in [2.75, 3.05) is 47.4 Å². The maximum atomic E-state index is 9.75. The van der Waals surface area contributed by atoms with Gasteiger partial charge in [0.25, 0.3) is 0 Å². The quantitative estimate of drug-likeness (QED) is 0.247. The van der Waals surface area contributed by atoms with E-state index in [1.807, 2.05) is 30.3 Å². The van der Waals surface area contributed by atoms with Crippen LogP contribution in [-0.2, 0) is 6.42 Å². The van der Waals surface area contributed by atoms with Gasteiger partial charge in [0.05, 0.1) is 23.3 Å². The maximum Gasteiger partial charge on any atom is 0.137 e. The fourth-order valence-corrected chi connectivity index (χ4v) is 5.08. The highest BCUT2D eigenvalue weighted by molar-refractivity contribution is 7.97. The van der Waals surface area contributed by atoms with Crippen LogP contribution in [-0.4, -0.2) is 79.3 Å². The zero-order valence-electron chi connectivity index (χ0n) is 23.4. The summed E-state index contributed by atoms with van der Waals surface area (Å²) in [6.45, 7) is 3.86. The van der Waals surface area contributed by atoms with E-state index in [0.29, 0.717) is 23.6 Å². The molecule has 1 fully saturated rings. The fourth-order valence-electron chi connectivity index (χ4n) is 4.30. The Kier molecular flexibility index (Phi) is 13.8. The van der Waals surface area contributed by atoms with Crippen LogP contribution in [0.1, 0.15) is 36.2 Å². The number of aromatic nitrogens is 2. The summed E-state index contributed by atoms with van der Waals surface area (Å²) in [4.78, 5) is 12.5. The van der Waals surface area contributed by atoms with Gasteiger partial charge in [-0.2, -0.15) is 5.26 Å². The smallest absolute Gasteiger partial charge is 0.137 e. The Morgan fingerprint density at radius 3 is 2.62 bits per heavy atom. The first-order valence-electron chi connectivity index (χ1n) is 13.0. The number of ether oxygens (including phenoxy) is 2. The van der Waals surface area contributed by atoms with Crippen LogP contribution in [0, 0.1) is 11.3 Å². The first kappa shape index (κ1) is 33.0. The molecule has 0 unspecified atom stereocenters. The molecule has 0 atom stereocenters. The van der Waals surface area contributed by atoms with Crippen LogP contribution < -0.4 is 19.5 Å². The molecule has 3 aromatic rings. The summed E-state index contributed by atoms with van der Waals surface area (Å²) in [5.74, 6) is 2.17.